The summed E-state index contributed by atoms with van der Waals surface area (Å²) in [6, 6.07) is 6.40. The Hall–Kier alpha value is -0.870. The molecule has 4 heteroatoms. The second kappa shape index (κ2) is 6.72. The summed E-state index contributed by atoms with van der Waals surface area (Å²) < 4.78 is 6.17. The van der Waals surface area contributed by atoms with Gasteiger partial charge < -0.3 is 9.64 Å². The number of carbonyl (C=O) groups is 1. The maximum Gasteiger partial charge on any atom is 0.161 e. The van der Waals surface area contributed by atoms with Gasteiger partial charge in [-0.05, 0) is 50.8 Å². The lowest BCUT2D eigenvalue weighted by molar-refractivity contribution is 0.101. The second-order valence-corrected chi connectivity index (χ2v) is 6.40. The van der Waals surface area contributed by atoms with Gasteiger partial charge in [-0.1, -0.05) is 15.9 Å². The van der Waals surface area contributed by atoms with Crippen LogP contribution in [-0.4, -0.2) is 32.1 Å². The largest absolute Gasteiger partial charge is 0.383 e. The smallest absolute Gasteiger partial charge is 0.161 e. The number of rotatable bonds is 7. The molecule has 1 aliphatic rings. The first-order valence-corrected chi connectivity index (χ1v) is 7.90. The van der Waals surface area contributed by atoms with Crippen LogP contribution in [0.5, 0.6) is 0 Å². The van der Waals surface area contributed by atoms with Crippen molar-refractivity contribution in [3.05, 3.63) is 28.2 Å². The second-order valence-electron chi connectivity index (χ2n) is 5.48. The predicted molar refractivity (Wildman–Crippen MR) is 85.6 cm³/mol. The highest BCUT2D eigenvalue weighted by Gasteiger charge is 2.33. The van der Waals surface area contributed by atoms with E-state index in [1.54, 1.807) is 14.0 Å². The van der Waals surface area contributed by atoms with E-state index in [9.17, 15) is 4.79 Å². The number of anilines is 1. The molecule has 0 radical (unpaired) electrons. The summed E-state index contributed by atoms with van der Waals surface area (Å²) in [5, 5.41) is 0. The topological polar surface area (TPSA) is 29.5 Å². The van der Waals surface area contributed by atoms with E-state index in [-0.39, 0.29) is 5.78 Å². The van der Waals surface area contributed by atoms with Gasteiger partial charge in [-0.25, -0.2) is 0 Å². The molecule has 3 nitrogen and oxygen atoms in total. The number of halogens is 1. The van der Waals surface area contributed by atoms with Crippen molar-refractivity contribution in [1.29, 1.82) is 0 Å². The maximum atomic E-state index is 11.9. The van der Waals surface area contributed by atoms with E-state index in [1.165, 1.54) is 12.8 Å². The molecule has 0 amide bonds. The fraction of sp³-hybridized carbons (Fsp3) is 0.562. The molecular weight excluding hydrogens is 318 g/mol. The van der Waals surface area contributed by atoms with E-state index in [1.807, 2.05) is 18.2 Å². The van der Waals surface area contributed by atoms with Gasteiger partial charge in [-0.2, -0.15) is 0 Å². The molecule has 2 rings (SSSR count). The molecule has 1 unspecified atom stereocenters. The standard InChI is InChI=1S/C16H22BrNO2/c1-11(13-4-5-13)18(8-9-20-3)16-7-6-14(17)10-15(16)12(2)19/h6-7,10-11,13H,4-5,8-9H2,1-3H3. The minimum Gasteiger partial charge on any atom is -0.383 e. The number of nitrogens with zero attached hydrogens (tertiary/aromatic N) is 1. The Morgan fingerprint density at radius 1 is 1.50 bits per heavy atom. The summed E-state index contributed by atoms with van der Waals surface area (Å²) in [4.78, 5) is 14.2. The average molecular weight is 340 g/mol. The normalized spacial score (nSPS) is 16.0. The lowest BCUT2D eigenvalue weighted by Crippen LogP contribution is -2.38. The van der Waals surface area contributed by atoms with E-state index in [4.69, 9.17) is 4.74 Å². The van der Waals surface area contributed by atoms with Gasteiger partial charge in [0.15, 0.2) is 5.78 Å². The first kappa shape index (κ1) is 15.5. The highest BCUT2D eigenvalue weighted by atomic mass is 79.9. The molecule has 0 N–H and O–H groups in total. The Kier molecular flexibility index (Phi) is 5.22. The molecule has 1 saturated carbocycles. The third kappa shape index (κ3) is 3.61. The van der Waals surface area contributed by atoms with E-state index in [2.05, 4.69) is 27.8 Å². The molecule has 1 aromatic rings. The van der Waals surface area contributed by atoms with Gasteiger partial charge in [0.2, 0.25) is 0 Å². The number of carbonyl (C=O) groups excluding carboxylic acids is 1. The van der Waals surface area contributed by atoms with Crippen molar-refractivity contribution in [3.63, 3.8) is 0 Å². The highest BCUT2D eigenvalue weighted by Crippen LogP contribution is 2.38. The van der Waals surface area contributed by atoms with E-state index >= 15 is 0 Å². The quantitative estimate of drug-likeness (QED) is 0.705. The Morgan fingerprint density at radius 3 is 2.75 bits per heavy atom. The molecule has 0 bridgehead atoms. The molecule has 1 fully saturated rings. The molecule has 0 saturated heterocycles. The molecular formula is C16H22BrNO2. The lowest BCUT2D eigenvalue weighted by Gasteiger charge is -2.33. The van der Waals surface area contributed by atoms with Crippen LogP contribution in [0, 0.1) is 5.92 Å². The van der Waals surface area contributed by atoms with Crippen molar-refractivity contribution in [3.8, 4) is 0 Å². The molecule has 0 aliphatic heterocycles. The van der Waals surface area contributed by atoms with E-state index in [0.717, 1.165) is 28.2 Å². The number of ketones is 1. The first-order chi connectivity index (χ1) is 9.54. The third-order valence-electron chi connectivity index (χ3n) is 3.98. The van der Waals surface area contributed by atoms with Gasteiger partial charge in [0.1, 0.15) is 0 Å². The molecule has 1 aromatic carbocycles. The summed E-state index contributed by atoms with van der Waals surface area (Å²) in [5.74, 6) is 0.849. The molecule has 110 valence electrons. The van der Waals surface area contributed by atoms with Crippen molar-refractivity contribution < 1.29 is 9.53 Å². The maximum absolute atomic E-state index is 11.9. The number of methoxy groups -OCH3 is 1. The predicted octanol–water partition coefficient (Wildman–Crippen LogP) is 3.90. The van der Waals surface area contributed by atoms with Gasteiger partial charge >= 0.3 is 0 Å². The molecule has 1 aliphatic carbocycles. The van der Waals surface area contributed by atoms with E-state index in [0.29, 0.717) is 12.6 Å². The zero-order valence-electron chi connectivity index (χ0n) is 12.4. The van der Waals surface area contributed by atoms with Crippen LogP contribution in [0.1, 0.15) is 37.0 Å². The minimum atomic E-state index is 0.103. The summed E-state index contributed by atoms with van der Waals surface area (Å²) in [6.45, 7) is 5.36. The van der Waals surface area contributed by atoms with Gasteiger partial charge in [0, 0.05) is 35.4 Å². The monoisotopic (exact) mass is 339 g/mol. The number of benzene rings is 1. The third-order valence-corrected chi connectivity index (χ3v) is 4.47. The molecule has 0 heterocycles. The van der Waals surface area contributed by atoms with Crippen molar-refractivity contribution in [2.45, 2.75) is 32.7 Å². The fourth-order valence-electron chi connectivity index (χ4n) is 2.61. The van der Waals surface area contributed by atoms with Crippen LogP contribution in [-0.2, 0) is 4.74 Å². The fourth-order valence-corrected chi connectivity index (χ4v) is 2.97. The van der Waals surface area contributed by atoms with Crippen LogP contribution in [0.3, 0.4) is 0 Å². The van der Waals surface area contributed by atoms with E-state index < -0.39 is 0 Å². The van der Waals surface area contributed by atoms with Crippen molar-refractivity contribution in [1.82, 2.24) is 0 Å². The Bertz CT molecular complexity index is 485. The summed E-state index contributed by atoms with van der Waals surface area (Å²) in [5.41, 5.74) is 1.81. The molecule has 1 atom stereocenters. The van der Waals surface area contributed by atoms with Crippen LogP contribution in [0.25, 0.3) is 0 Å². The van der Waals surface area contributed by atoms with Crippen LogP contribution in [0.4, 0.5) is 5.69 Å². The van der Waals surface area contributed by atoms with Crippen molar-refractivity contribution in [2.75, 3.05) is 25.2 Å². The zero-order valence-corrected chi connectivity index (χ0v) is 13.9. The molecule has 20 heavy (non-hydrogen) atoms. The van der Waals surface area contributed by atoms with Gasteiger partial charge in [0.25, 0.3) is 0 Å². The number of hydrogen-bond acceptors (Lipinski definition) is 3. The SMILES string of the molecule is COCCN(c1ccc(Br)cc1C(C)=O)C(C)C1CC1. The first-order valence-electron chi connectivity index (χ1n) is 7.10. The number of hydrogen-bond donors (Lipinski definition) is 0. The highest BCUT2D eigenvalue weighted by molar-refractivity contribution is 9.10. The Morgan fingerprint density at radius 2 is 2.20 bits per heavy atom. The molecule has 0 spiro atoms. The van der Waals surface area contributed by atoms with Crippen LogP contribution in [0.15, 0.2) is 22.7 Å². The Labute approximate surface area is 129 Å². The van der Waals surface area contributed by atoms with Gasteiger partial charge in [-0.3, -0.25) is 4.79 Å². The van der Waals surface area contributed by atoms with Gasteiger partial charge in [0.05, 0.1) is 6.61 Å². The van der Waals surface area contributed by atoms with Crippen LogP contribution < -0.4 is 4.90 Å². The summed E-state index contributed by atoms with van der Waals surface area (Å²) in [7, 11) is 1.72. The van der Waals surface area contributed by atoms with Gasteiger partial charge in [-0.15, -0.1) is 0 Å². The summed E-state index contributed by atoms with van der Waals surface area (Å²) in [6.07, 6.45) is 2.58. The Balaban J connectivity index is 2.33. The zero-order chi connectivity index (χ0) is 14.7. The lowest BCUT2D eigenvalue weighted by atomic mass is 10.1. The summed E-state index contributed by atoms with van der Waals surface area (Å²) >= 11 is 3.45. The van der Waals surface area contributed by atoms with Crippen LogP contribution >= 0.6 is 15.9 Å². The van der Waals surface area contributed by atoms with Crippen LogP contribution in [0.2, 0.25) is 0 Å². The minimum absolute atomic E-state index is 0.103. The molecule has 0 aromatic heterocycles. The number of Topliss-reactive ketones (excluding diaryl/α,β-unsaturated/α-hetero) is 1. The average Bonchev–Trinajstić information content (AvgIpc) is 3.24. The van der Waals surface area contributed by atoms with Crippen molar-refractivity contribution in [2.24, 2.45) is 5.92 Å². The number of ether oxygens (including phenoxy) is 1. The van der Waals surface area contributed by atoms with Crippen molar-refractivity contribution >= 4 is 27.4 Å².